The van der Waals surface area contributed by atoms with Crippen LogP contribution in [0.2, 0.25) is 0 Å². The van der Waals surface area contributed by atoms with E-state index in [4.69, 9.17) is 4.74 Å². The number of hydrogen-bond acceptors (Lipinski definition) is 4. The third-order valence-corrected chi connectivity index (χ3v) is 3.24. The van der Waals surface area contributed by atoms with Crippen molar-refractivity contribution in [3.63, 3.8) is 0 Å². The first-order chi connectivity index (χ1) is 9.88. The van der Waals surface area contributed by atoms with E-state index in [-0.39, 0.29) is 5.41 Å². The van der Waals surface area contributed by atoms with Gasteiger partial charge in [-0.2, -0.15) is 4.98 Å². The van der Waals surface area contributed by atoms with Crippen LogP contribution < -0.4 is 10.1 Å². The Morgan fingerprint density at radius 2 is 1.95 bits per heavy atom. The lowest BCUT2D eigenvalue weighted by atomic mass is 9.96. The van der Waals surface area contributed by atoms with Gasteiger partial charge in [0.2, 0.25) is 5.88 Å². The van der Waals surface area contributed by atoms with E-state index in [1.165, 1.54) is 0 Å². The van der Waals surface area contributed by atoms with Crippen LogP contribution in [-0.2, 0) is 5.41 Å². The molecule has 2 rings (SSSR count). The zero-order valence-corrected chi connectivity index (χ0v) is 14.4. The van der Waals surface area contributed by atoms with Gasteiger partial charge in [0.15, 0.2) is 0 Å². The van der Waals surface area contributed by atoms with Crippen molar-refractivity contribution in [3.05, 3.63) is 40.6 Å². The van der Waals surface area contributed by atoms with E-state index in [0.717, 1.165) is 28.4 Å². The number of hydrogen-bond donors (Lipinski definition) is 1. The molecule has 1 aromatic carbocycles. The summed E-state index contributed by atoms with van der Waals surface area (Å²) in [5, 5.41) is 3.22. The zero-order chi connectivity index (χ0) is 15.5. The van der Waals surface area contributed by atoms with Crippen LogP contribution in [0.3, 0.4) is 0 Å². The van der Waals surface area contributed by atoms with Crippen molar-refractivity contribution >= 4 is 21.7 Å². The summed E-state index contributed by atoms with van der Waals surface area (Å²) in [5.74, 6) is 2.82. The molecule has 0 aliphatic rings. The van der Waals surface area contributed by atoms with Gasteiger partial charge in [0.05, 0.1) is 0 Å². The number of benzene rings is 1. The third-order valence-electron chi connectivity index (χ3n) is 2.75. The minimum absolute atomic E-state index is 0.138. The quantitative estimate of drug-likeness (QED) is 0.864. The van der Waals surface area contributed by atoms with Crippen molar-refractivity contribution < 1.29 is 4.74 Å². The monoisotopic (exact) mass is 349 g/mol. The predicted octanol–water partition coefficient (Wildman–Crippen LogP) is 4.76. The number of aromatic nitrogens is 2. The molecule has 0 bridgehead atoms. The molecule has 0 fully saturated rings. The van der Waals surface area contributed by atoms with Crippen LogP contribution >= 0.6 is 15.9 Å². The van der Waals surface area contributed by atoms with E-state index >= 15 is 0 Å². The molecule has 0 unspecified atom stereocenters. The zero-order valence-electron chi connectivity index (χ0n) is 12.8. The lowest BCUT2D eigenvalue weighted by Crippen LogP contribution is -2.17. The number of halogens is 1. The summed E-state index contributed by atoms with van der Waals surface area (Å²) in [6.45, 7) is 9.09. The fourth-order valence-corrected chi connectivity index (χ4v) is 2.11. The molecule has 0 atom stereocenters. The molecular formula is C16H20BrN3O. The van der Waals surface area contributed by atoms with Crippen molar-refractivity contribution in [2.75, 3.05) is 11.9 Å². The number of rotatable bonds is 4. The summed E-state index contributed by atoms with van der Waals surface area (Å²) in [6, 6.07) is 9.51. The van der Waals surface area contributed by atoms with Gasteiger partial charge in [-0.25, -0.2) is 4.98 Å². The lowest BCUT2D eigenvalue weighted by Gasteiger charge is -2.18. The maximum atomic E-state index is 5.86. The summed E-state index contributed by atoms with van der Waals surface area (Å²) in [6.07, 6.45) is 0. The maximum absolute atomic E-state index is 5.86. The lowest BCUT2D eigenvalue weighted by molar-refractivity contribution is 0.446. The smallest absolute Gasteiger partial charge is 0.224 e. The Morgan fingerprint density at radius 1 is 1.19 bits per heavy atom. The average Bonchev–Trinajstić information content (AvgIpc) is 2.37. The molecule has 0 aliphatic heterocycles. The van der Waals surface area contributed by atoms with Crippen LogP contribution in [0.1, 0.15) is 33.5 Å². The molecule has 1 N–H and O–H groups in total. The number of anilines is 1. The van der Waals surface area contributed by atoms with E-state index in [1.807, 2.05) is 37.3 Å². The van der Waals surface area contributed by atoms with Gasteiger partial charge in [0, 0.05) is 22.5 Å². The molecule has 2 aromatic rings. The Morgan fingerprint density at radius 3 is 2.57 bits per heavy atom. The Balaban J connectivity index is 2.35. The minimum atomic E-state index is -0.138. The molecule has 0 spiro atoms. The normalized spacial score (nSPS) is 11.3. The summed E-state index contributed by atoms with van der Waals surface area (Å²) in [7, 11) is 0. The molecule has 1 heterocycles. The first-order valence-corrected chi connectivity index (χ1v) is 7.74. The number of nitrogens with one attached hydrogen (secondary N) is 1. The van der Waals surface area contributed by atoms with E-state index in [0.29, 0.717) is 5.88 Å². The van der Waals surface area contributed by atoms with Crippen molar-refractivity contribution in [1.29, 1.82) is 0 Å². The van der Waals surface area contributed by atoms with Gasteiger partial charge < -0.3 is 10.1 Å². The van der Waals surface area contributed by atoms with E-state index in [2.05, 4.69) is 52.0 Å². The molecule has 4 nitrogen and oxygen atoms in total. The highest BCUT2D eigenvalue weighted by Gasteiger charge is 2.19. The second-order valence-electron chi connectivity index (χ2n) is 5.75. The highest BCUT2D eigenvalue weighted by atomic mass is 79.9. The number of nitrogens with zero attached hydrogens (tertiary/aromatic N) is 2. The largest absolute Gasteiger partial charge is 0.439 e. The van der Waals surface area contributed by atoms with Crippen molar-refractivity contribution in [2.24, 2.45) is 0 Å². The van der Waals surface area contributed by atoms with Gasteiger partial charge in [-0.3, -0.25) is 0 Å². The standard InChI is InChI=1S/C16H20BrN3O/c1-5-18-13-10-14(20-15(19-13)16(2,3)4)21-12-8-6-7-11(17)9-12/h6-10H,5H2,1-4H3,(H,18,19,20). The Bertz CT molecular complexity index is 623. The van der Waals surface area contributed by atoms with Gasteiger partial charge in [-0.1, -0.05) is 42.8 Å². The van der Waals surface area contributed by atoms with Gasteiger partial charge >= 0.3 is 0 Å². The summed E-state index contributed by atoms with van der Waals surface area (Å²) in [5.41, 5.74) is -0.138. The predicted molar refractivity (Wildman–Crippen MR) is 89.1 cm³/mol. The fourth-order valence-electron chi connectivity index (χ4n) is 1.74. The van der Waals surface area contributed by atoms with Crippen LogP contribution in [0.5, 0.6) is 11.6 Å². The van der Waals surface area contributed by atoms with Crippen molar-refractivity contribution in [1.82, 2.24) is 9.97 Å². The molecule has 0 aliphatic carbocycles. The topological polar surface area (TPSA) is 47.0 Å². The van der Waals surface area contributed by atoms with Crippen molar-refractivity contribution in [3.8, 4) is 11.6 Å². The number of ether oxygens (including phenoxy) is 1. The van der Waals surface area contributed by atoms with Crippen LogP contribution in [0.15, 0.2) is 34.8 Å². The highest BCUT2D eigenvalue weighted by Crippen LogP contribution is 2.27. The second kappa shape index (κ2) is 6.43. The third kappa shape index (κ3) is 4.43. The van der Waals surface area contributed by atoms with Gasteiger partial charge in [0.25, 0.3) is 0 Å². The molecule has 112 valence electrons. The molecule has 0 amide bonds. The second-order valence-corrected chi connectivity index (χ2v) is 6.67. The summed E-state index contributed by atoms with van der Waals surface area (Å²) in [4.78, 5) is 9.07. The molecule has 0 saturated carbocycles. The molecular weight excluding hydrogens is 330 g/mol. The fraction of sp³-hybridized carbons (Fsp3) is 0.375. The maximum Gasteiger partial charge on any atom is 0.224 e. The minimum Gasteiger partial charge on any atom is -0.439 e. The van der Waals surface area contributed by atoms with Gasteiger partial charge in [0.1, 0.15) is 17.4 Å². The summed E-state index contributed by atoms with van der Waals surface area (Å²) < 4.78 is 6.83. The van der Waals surface area contributed by atoms with Gasteiger partial charge in [-0.15, -0.1) is 0 Å². The molecule has 21 heavy (non-hydrogen) atoms. The molecule has 5 heteroatoms. The Labute approximate surface area is 134 Å². The van der Waals surface area contributed by atoms with Crippen LogP contribution in [-0.4, -0.2) is 16.5 Å². The molecule has 0 radical (unpaired) electrons. The van der Waals surface area contributed by atoms with Crippen LogP contribution in [0.4, 0.5) is 5.82 Å². The molecule has 1 aromatic heterocycles. The van der Waals surface area contributed by atoms with Crippen LogP contribution in [0.25, 0.3) is 0 Å². The van der Waals surface area contributed by atoms with E-state index < -0.39 is 0 Å². The average molecular weight is 350 g/mol. The van der Waals surface area contributed by atoms with Gasteiger partial charge in [-0.05, 0) is 25.1 Å². The summed E-state index contributed by atoms with van der Waals surface area (Å²) >= 11 is 3.44. The molecule has 0 saturated heterocycles. The first-order valence-electron chi connectivity index (χ1n) is 6.95. The van der Waals surface area contributed by atoms with E-state index in [1.54, 1.807) is 0 Å². The van der Waals surface area contributed by atoms with Crippen molar-refractivity contribution in [2.45, 2.75) is 33.1 Å². The Kier molecular flexibility index (Phi) is 4.83. The Hall–Kier alpha value is -1.62. The SMILES string of the molecule is CCNc1cc(Oc2cccc(Br)c2)nc(C(C)(C)C)n1. The van der Waals surface area contributed by atoms with Crippen LogP contribution in [0, 0.1) is 0 Å². The highest BCUT2D eigenvalue weighted by molar-refractivity contribution is 9.10. The first kappa shape index (κ1) is 15.8. The van der Waals surface area contributed by atoms with E-state index in [9.17, 15) is 0 Å².